The maximum atomic E-state index is 2.64. The molecule has 0 spiro atoms. The molecule has 0 aromatic heterocycles. The maximum absolute atomic E-state index is 2.64. The average molecular weight is 583 g/mol. The molecule has 0 radical (unpaired) electrons. The SMILES string of the molecule is CCCCC(CC)Cc1cc2c(-c3ccc(C)cc3)c3ccccc3c(-c3ccc(C)cc3)c2cc1CC(CC)CCCC. The van der Waals surface area contributed by atoms with E-state index in [1.54, 1.807) is 11.1 Å². The molecule has 0 heterocycles. The molecule has 0 aliphatic carbocycles. The van der Waals surface area contributed by atoms with Gasteiger partial charge >= 0.3 is 0 Å². The van der Waals surface area contributed by atoms with Crippen LogP contribution in [0.1, 0.15) is 101 Å². The second-order valence-corrected chi connectivity index (χ2v) is 13.4. The monoisotopic (exact) mass is 582 g/mol. The number of hydrogen-bond acceptors (Lipinski definition) is 0. The van der Waals surface area contributed by atoms with Crippen LogP contribution in [0.5, 0.6) is 0 Å². The molecule has 0 aliphatic rings. The van der Waals surface area contributed by atoms with E-state index in [9.17, 15) is 0 Å². The Labute approximate surface area is 267 Å². The van der Waals surface area contributed by atoms with E-state index in [1.165, 1.54) is 119 Å². The number of benzene rings is 5. The van der Waals surface area contributed by atoms with Crippen LogP contribution in [-0.2, 0) is 12.8 Å². The molecule has 0 heteroatoms. The Hall–Kier alpha value is -3.38. The average Bonchev–Trinajstić information content (AvgIpc) is 3.05. The lowest BCUT2D eigenvalue weighted by molar-refractivity contribution is 0.434. The van der Waals surface area contributed by atoms with Crippen molar-refractivity contribution in [1.29, 1.82) is 0 Å². The van der Waals surface area contributed by atoms with Crippen molar-refractivity contribution < 1.29 is 0 Å². The summed E-state index contributed by atoms with van der Waals surface area (Å²) < 4.78 is 0. The van der Waals surface area contributed by atoms with Gasteiger partial charge in [0.25, 0.3) is 0 Å². The molecule has 230 valence electrons. The molecule has 0 saturated carbocycles. The van der Waals surface area contributed by atoms with Gasteiger partial charge in [-0.2, -0.15) is 0 Å². The third kappa shape index (κ3) is 7.12. The molecule has 0 saturated heterocycles. The Morgan fingerprint density at radius 2 is 0.864 bits per heavy atom. The van der Waals surface area contributed by atoms with E-state index >= 15 is 0 Å². The number of unbranched alkanes of at least 4 members (excludes halogenated alkanes) is 2. The number of rotatable bonds is 14. The van der Waals surface area contributed by atoms with Gasteiger partial charge in [-0.3, -0.25) is 0 Å². The van der Waals surface area contributed by atoms with E-state index in [0.717, 1.165) is 11.8 Å². The molecule has 5 aromatic rings. The van der Waals surface area contributed by atoms with Crippen molar-refractivity contribution in [2.45, 2.75) is 106 Å². The Morgan fingerprint density at radius 3 is 1.20 bits per heavy atom. The summed E-state index contributed by atoms with van der Waals surface area (Å²) in [6.45, 7) is 13.8. The van der Waals surface area contributed by atoms with Crippen molar-refractivity contribution in [2.24, 2.45) is 11.8 Å². The van der Waals surface area contributed by atoms with Crippen molar-refractivity contribution in [1.82, 2.24) is 0 Å². The summed E-state index contributed by atoms with van der Waals surface area (Å²) in [7, 11) is 0. The van der Waals surface area contributed by atoms with Crippen LogP contribution in [-0.4, -0.2) is 0 Å². The fraction of sp³-hybridized carbons (Fsp3) is 0.409. The predicted octanol–water partition coefficient (Wildman–Crippen LogP) is 13.5. The second-order valence-electron chi connectivity index (χ2n) is 13.4. The molecule has 0 bridgehead atoms. The molecule has 5 aromatic carbocycles. The fourth-order valence-corrected chi connectivity index (χ4v) is 7.26. The molecule has 0 nitrogen and oxygen atoms in total. The standard InChI is InChI=1S/C44H54/c1-7-11-15-33(9-3)27-37-29-41-42(30-38(37)28-34(10-4)16-12-8-2)44(36-25-21-32(6)22-26-36)40-18-14-13-17-39(40)43(41)35-23-19-31(5)20-24-35/h13-14,17-26,29-30,33-34H,7-12,15-16,27-28H2,1-6H3. The summed E-state index contributed by atoms with van der Waals surface area (Å²) in [5, 5.41) is 5.53. The first-order chi connectivity index (χ1) is 21.5. The second kappa shape index (κ2) is 15.1. The van der Waals surface area contributed by atoms with Gasteiger partial charge in [0.15, 0.2) is 0 Å². The minimum absolute atomic E-state index is 0.738. The van der Waals surface area contributed by atoms with Gasteiger partial charge in [-0.05, 0) is 93.5 Å². The molecule has 2 atom stereocenters. The predicted molar refractivity (Wildman–Crippen MR) is 196 cm³/mol. The molecule has 44 heavy (non-hydrogen) atoms. The zero-order valence-corrected chi connectivity index (χ0v) is 28.3. The first-order valence-electron chi connectivity index (χ1n) is 17.6. The quantitative estimate of drug-likeness (QED) is 0.114. The third-order valence-electron chi connectivity index (χ3n) is 10.1. The van der Waals surface area contributed by atoms with Crippen molar-refractivity contribution in [2.75, 3.05) is 0 Å². The molecule has 5 rings (SSSR count). The fourth-order valence-electron chi connectivity index (χ4n) is 7.26. The van der Waals surface area contributed by atoms with E-state index in [-0.39, 0.29) is 0 Å². The zero-order valence-electron chi connectivity index (χ0n) is 28.3. The smallest absolute Gasteiger partial charge is 0.00263 e. The van der Waals surface area contributed by atoms with Crippen LogP contribution in [0.3, 0.4) is 0 Å². The molecule has 2 unspecified atom stereocenters. The van der Waals surface area contributed by atoms with E-state index in [4.69, 9.17) is 0 Å². The lowest BCUT2D eigenvalue weighted by Gasteiger charge is -2.24. The Kier molecular flexibility index (Phi) is 11.0. The van der Waals surface area contributed by atoms with Crippen molar-refractivity contribution in [3.8, 4) is 22.3 Å². The number of aryl methyl sites for hydroxylation is 2. The number of fused-ring (bicyclic) bond motifs is 2. The van der Waals surface area contributed by atoms with Crippen LogP contribution in [0.2, 0.25) is 0 Å². The first-order valence-corrected chi connectivity index (χ1v) is 17.6. The van der Waals surface area contributed by atoms with Crippen LogP contribution < -0.4 is 0 Å². The first kappa shape index (κ1) is 32.0. The highest BCUT2D eigenvalue weighted by atomic mass is 14.3. The van der Waals surface area contributed by atoms with Crippen LogP contribution in [0, 0.1) is 25.7 Å². The third-order valence-corrected chi connectivity index (χ3v) is 10.1. The zero-order chi connectivity index (χ0) is 31.1. The maximum Gasteiger partial charge on any atom is -0.00263 e. The van der Waals surface area contributed by atoms with Crippen molar-refractivity contribution >= 4 is 21.5 Å². The van der Waals surface area contributed by atoms with Gasteiger partial charge in [0.2, 0.25) is 0 Å². The Balaban J connectivity index is 1.85. The summed E-state index contributed by atoms with van der Waals surface area (Å²) in [4.78, 5) is 0. The topological polar surface area (TPSA) is 0 Å². The van der Waals surface area contributed by atoms with Gasteiger partial charge in [0, 0.05) is 0 Å². The molecule has 0 amide bonds. The van der Waals surface area contributed by atoms with Crippen LogP contribution >= 0.6 is 0 Å². The van der Waals surface area contributed by atoms with Gasteiger partial charge in [-0.25, -0.2) is 0 Å². The summed E-state index contributed by atoms with van der Waals surface area (Å²) in [6, 6.07) is 32.9. The lowest BCUT2D eigenvalue weighted by Crippen LogP contribution is -2.10. The van der Waals surface area contributed by atoms with Crippen LogP contribution in [0.25, 0.3) is 43.8 Å². The van der Waals surface area contributed by atoms with Gasteiger partial charge in [-0.1, -0.05) is 175 Å². The van der Waals surface area contributed by atoms with Crippen molar-refractivity contribution in [3.05, 3.63) is 107 Å². The van der Waals surface area contributed by atoms with Gasteiger partial charge in [0.1, 0.15) is 0 Å². The number of hydrogen-bond donors (Lipinski definition) is 0. The molecule has 0 fully saturated rings. The molecular formula is C44H54. The highest BCUT2D eigenvalue weighted by Crippen LogP contribution is 2.45. The summed E-state index contributed by atoms with van der Waals surface area (Å²) in [5.74, 6) is 1.48. The van der Waals surface area contributed by atoms with Gasteiger partial charge in [0.05, 0.1) is 0 Å². The molecule has 0 N–H and O–H groups in total. The van der Waals surface area contributed by atoms with E-state index in [0.29, 0.717) is 0 Å². The Morgan fingerprint density at radius 1 is 0.477 bits per heavy atom. The van der Waals surface area contributed by atoms with Crippen molar-refractivity contribution in [3.63, 3.8) is 0 Å². The minimum Gasteiger partial charge on any atom is -0.0654 e. The largest absolute Gasteiger partial charge is 0.0654 e. The highest BCUT2D eigenvalue weighted by molar-refractivity contribution is 6.21. The van der Waals surface area contributed by atoms with E-state index < -0.39 is 0 Å². The Bertz CT molecular complexity index is 1530. The van der Waals surface area contributed by atoms with E-state index in [1.807, 2.05) is 0 Å². The normalized spacial score (nSPS) is 13.0. The molecule has 0 aliphatic heterocycles. The lowest BCUT2D eigenvalue weighted by atomic mass is 9.80. The van der Waals surface area contributed by atoms with Gasteiger partial charge in [-0.15, -0.1) is 0 Å². The summed E-state index contributed by atoms with van der Waals surface area (Å²) in [6.07, 6.45) is 12.7. The van der Waals surface area contributed by atoms with Gasteiger partial charge < -0.3 is 0 Å². The van der Waals surface area contributed by atoms with Crippen LogP contribution in [0.4, 0.5) is 0 Å². The highest BCUT2D eigenvalue weighted by Gasteiger charge is 2.21. The molecular weight excluding hydrogens is 528 g/mol. The minimum atomic E-state index is 0.738. The summed E-state index contributed by atoms with van der Waals surface area (Å²) in [5.41, 5.74) is 11.2. The van der Waals surface area contributed by atoms with E-state index in [2.05, 4.69) is 126 Å². The van der Waals surface area contributed by atoms with Crippen LogP contribution in [0.15, 0.2) is 84.9 Å². The summed E-state index contributed by atoms with van der Waals surface area (Å²) >= 11 is 0.